The van der Waals surface area contributed by atoms with Gasteiger partial charge < -0.3 is 34.9 Å². The fraction of sp³-hybridized carbons (Fsp3) is 0.651. The number of piperidine rings is 1. The van der Waals surface area contributed by atoms with Gasteiger partial charge in [0.05, 0.1) is 43.2 Å². The number of nitrogens with one attached hydrogen (secondary N) is 3. The van der Waals surface area contributed by atoms with Crippen LogP contribution < -0.4 is 5.32 Å². The molecule has 5 heterocycles. The zero-order chi connectivity index (χ0) is 39.2. The molecule has 4 atom stereocenters. The van der Waals surface area contributed by atoms with Gasteiger partial charge in [0, 0.05) is 43.5 Å². The highest BCUT2D eigenvalue weighted by molar-refractivity contribution is 5.86. The van der Waals surface area contributed by atoms with Gasteiger partial charge in [-0.2, -0.15) is 0 Å². The Balaban J connectivity index is 0.903. The molecule has 3 aliphatic carbocycles. The lowest BCUT2D eigenvalue weighted by molar-refractivity contribution is -0.141. The van der Waals surface area contributed by atoms with E-state index < -0.39 is 12.1 Å². The number of H-pyrrole nitrogens is 2. The third kappa shape index (κ3) is 7.14. The summed E-state index contributed by atoms with van der Waals surface area (Å²) in [4.78, 5) is 62.2. The first-order valence-corrected chi connectivity index (χ1v) is 21.1. The van der Waals surface area contributed by atoms with Crippen molar-refractivity contribution in [3.8, 4) is 11.3 Å². The Bertz CT molecular complexity index is 1860. The summed E-state index contributed by atoms with van der Waals surface area (Å²) in [5.74, 6) is 1.96. The van der Waals surface area contributed by atoms with Crippen molar-refractivity contribution in [3.05, 3.63) is 59.6 Å². The number of rotatable bonds is 10. The second kappa shape index (κ2) is 15.6. The maximum atomic E-state index is 14.1. The number of hydrogen-bond acceptors (Lipinski definition) is 8. The van der Waals surface area contributed by atoms with Crippen LogP contribution in [0.25, 0.3) is 11.3 Å². The molecule has 13 heteroatoms. The Hall–Kier alpha value is -4.23. The van der Waals surface area contributed by atoms with Crippen molar-refractivity contribution in [2.75, 3.05) is 33.3 Å². The maximum absolute atomic E-state index is 14.1. The number of aliphatic hydroxyl groups excluding tert-OH is 1. The zero-order valence-corrected chi connectivity index (χ0v) is 33.6. The molecule has 3 saturated heterocycles. The van der Waals surface area contributed by atoms with E-state index in [1.807, 2.05) is 17.3 Å². The van der Waals surface area contributed by atoms with E-state index in [0.29, 0.717) is 6.54 Å². The van der Waals surface area contributed by atoms with E-state index in [1.54, 1.807) is 6.92 Å². The van der Waals surface area contributed by atoms with Crippen molar-refractivity contribution in [2.45, 2.75) is 139 Å². The highest BCUT2D eigenvalue weighted by atomic mass is 16.5. The molecule has 2 bridgehead atoms. The van der Waals surface area contributed by atoms with Crippen LogP contribution in [0, 0.1) is 5.92 Å². The summed E-state index contributed by atoms with van der Waals surface area (Å²) >= 11 is 0. The number of carbonyl (C=O) groups is 3. The number of fused-ring (bicyclic) bond motifs is 3. The van der Waals surface area contributed by atoms with Crippen LogP contribution in [0.3, 0.4) is 0 Å². The Morgan fingerprint density at radius 3 is 1.96 bits per heavy atom. The summed E-state index contributed by atoms with van der Waals surface area (Å²) < 4.78 is 4.70. The largest absolute Gasteiger partial charge is 0.453 e. The summed E-state index contributed by atoms with van der Waals surface area (Å²) in [6, 6.07) is 8.06. The molecule has 3 amide bonds. The normalized spacial score (nSPS) is 28.2. The van der Waals surface area contributed by atoms with Crippen LogP contribution in [0.5, 0.6) is 0 Å². The molecule has 56 heavy (non-hydrogen) atoms. The highest BCUT2D eigenvalue weighted by Crippen LogP contribution is 2.58. The number of carbonyl (C=O) groups excluding carboxylic acids is 3. The van der Waals surface area contributed by atoms with Crippen LogP contribution in [0.2, 0.25) is 0 Å². The predicted molar refractivity (Wildman–Crippen MR) is 211 cm³/mol. The minimum atomic E-state index is -0.669. The number of aromatic nitrogens is 4. The molecule has 6 fully saturated rings. The number of alkyl carbamates (subject to hydrolysis) is 1. The molecule has 13 nitrogen and oxygen atoms in total. The predicted octanol–water partition coefficient (Wildman–Crippen LogP) is 5.90. The first-order valence-electron chi connectivity index (χ1n) is 21.1. The Morgan fingerprint density at radius 2 is 1.36 bits per heavy atom. The first kappa shape index (κ1) is 38.6. The van der Waals surface area contributed by atoms with Crippen LogP contribution in [0.4, 0.5) is 4.79 Å². The number of imidazole rings is 2. The van der Waals surface area contributed by atoms with Gasteiger partial charge in [-0.15, -0.1) is 0 Å². The lowest BCUT2D eigenvalue weighted by atomic mass is 9.51. The number of nitrogens with zero attached hydrogens (tertiary/aromatic N) is 5. The molecular weight excluding hydrogens is 709 g/mol. The van der Waals surface area contributed by atoms with E-state index >= 15 is 0 Å². The molecule has 3 aromatic rings. The number of ether oxygens (including phenoxy) is 1. The van der Waals surface area contributed by atoms with Crippen molar-refractivity contribution in [1.29, 1.82) is 0 Å². The van der Waals surface area contributed by atoms with Crippen LogP contribution in [-0.4, -0.2) is 109 Å². The summed E-state index contributed by atoms with van der Waals surface area (Å²) in [7, 11) is 1.30. The van der Waals surface area contributed by atoms with E-state index in [9.17, 15) is 19.5 Å². The van der Waals surface area contributed by atoms with Crippen LogP contribution in [-0.2, 0) is 25.2 Å². The number of aromatic amines is 2. The smallest absolute Gasteiger partial charge is 0.407 e. The summed E-state index contributed by atoms with van der Waals surface area (Å²) in [5.41, 5.74) is 4.93. The standard InChI is InChI=1S/C43H60N8O5/c1-27(2)36(49-23-13-31(52)14-24-49)40(54)51-22-6-7-33(51)37-44-25-32(47-37)29-9-11-30(12-10-29)42-15-18-43(19-16-42,20-17-42)35-26-45-38(48-35)34-8-5-21-50(34)39(53)28(3)46-41(55)56-4/h9-12,25-28,31,33-34,36,52H,5-8,13-24H2,1-4H3,(H,44,47)(H,45,48)(H,46,55)/t28?,33-,34-,36-,42?,43?/m0/s1. The van der Waals surface area contributed by atoms with E-state index in [4.69, 9.17) is 14.7 Å². The Labute approximate surface area is 330 Å². The van der Waals surface area contributed by atoms with Gasteiger partial charge in [0.2, 0.25) is 11.8 Å². The lowest BCUT2D eigenvalue weighted by Crippen LogP contribution is -2.54. The molecule has 302 valence electrons. The number of aliphatic hydroxyl groups is 1. The van der Waals surface area contributed by atoms with Gasteiger partial charge in [0.25, 0.3) is 0 Å². The molecule has 3 saturated carbocycles. The van der Waals surface area contributed by atoms with E-state index in [2.05, 4.69) is 63.2 Å². The number of methoxy groups -OCH3 is 1. The van der Waals surface area contributed by atoms with Crippen LogP contribution >= 0.6 is 0 Å². The van der Waals surface area contributed by atoms with Crippen LogP contribution in [0.1, 0.15) is 133 Å². The van der Waals surface area contributed by atoms with E-state index in [0.717, 1.165) is 120 Å². The zero-order valence-electron chi connectivity index (χ0n) is 33.6. The van der Waals surface area contributed by atoms with Gasteiger partial charge in [-0.3, -0.25) is 14.5 Å². The lowest BCUT2D eigenvalue weighted by Gasteiger charge is -2.53. The average Bonchev–Trinajstić information content (AvgIpc) is 4.06. The average molecular weight is 769 g/mol. The molecule has 3 aliphatic heterocycles. The van der Waals surface area contributed by atoms with Crippen molar-refractivity contribution in [2.24, 2.45) is 5.92 Å². The van der Waals surface area contributed by atoms with Gasteiger partial charge in [-0.1, -0.05) is 38.1 Å². The number of benzene rings is 1. The second-order valence-electron chi connectivity index (χ2n) is 17.7. The van der Waals surface area contributed by atoms with E-state index in [1.165, 1.54) is 18.4 Å². The quantitative estimate of drug-likeness (QED) is 0.199. The van der Waals surface area contributed by atoms with Crippen molar-refractivity contribution in [3.63, 3.8) is 0 Å². The number of likely N-dealkylation sites (tertiary alicyclic amines) is 3. The van der Waals surface area contributed by atoms with Crippen molar-refractivity contribution >= 4 is 17.9 Å². The molecule has 2 aromatic heterocycles. The van der Waals surface area contributed by atoms with E-state index in [-0.39, 0.29) is 52.8 Å². The van der Waals surface area contributed by atoms with Crippen molar-refractivity contribution in [1.82, 2.24) is 40.0 Å². The van der Waals surface area contributed by atoms with Gasteiger partial charge >= 0.3 is 6.09 Å². The molecule has 4 N–H and O–H groups in total. The Morgan fingerprint density at radius 1 is 0.786 bits per heavy atom. The highest BCUT2D eigenvalue weighted by Gasteiger charge is 2.51. The molecule has 9 rings (SSSR count). The molecular formula is C43H60N8O5. The third-order valence-corrected chi connectivity index (χ3v) is 14.2. The minimum absolute atomic E-state index is 0.0552. The summed E-state index contributed by atoms with van der Waals surface area (Å²) in [5, 5.41) is 12.7. The van der Waals surface area contributed by atoms with Crippen LogP contribution in [0.15, 0.2) is 36.7 Å². The molecule has 6 aliphatic rings. The fourth-order valence-corrected chi connectivity index (χ4v) is 10.8. The molecule has 1 aromatic carbocycles. The van der Waals surface area contributed by atoms with Gasteiger partial charge in [-0.25, -0.2) is 14.8 Å². The monoisotopic (exact) mass is 768 g/mol. The minimum Gasteiger partial charge on any atom is -0.453 e. The fourth-order valence-electron chi connectivity index (χ4n) is 10.8. The van der Waals surface area contributed by atoms with Crippen molar-refractivity contribution < 1.29 is 24.2 Å². The first-order chi connectivity index (χ1) is 27.0. The van der Waals surface area contributed by atoms with Gasteiger partial charge in [0.15, 0.2) is 0 Å². The van der Waals surface area contributed by atoms with Gasteiger partial charge in [-0.05, 0) is 106 Å². The second-order valence-corrected chi connectivity index (χ2v) is 17.7. The third-order valence-electron chi connectivity index (χ3n) is 14.2. The number of hydrogen-bond donors (Lipinski definition) is 4. The summed E-state index contributed by atoms with van der Waals surface area (Å²) in [6.07, 6.45) is 14.8. The number of amides is 3. The maximum Gasteiger partial charge on any atom is 0.407 e. The SMILES string of the molecule is COC(=O)NC(C)C(=O)N1CCC[C@H]1c1ncc(C23CCC(c4ccc(-c5cnc([C@@H]6CCCN6C(=O)[C@H](C(C)C)N6CCC(O)CC6)[nH]5)cc4)(CC2)CC3)[nH]1. The molecule has 0 radical (unpaired) electrons. The Kier molecular flexibility index (Phi) is 10.8. The van der Waals surface area contributed by atoms with Gasteiger partial charge in [0.1, 0.15) is 17.7 Å². The molecule has 0 spiro atoms. The molecule has 1 unspecified atom stereocenters. The summed E-state index contributed by atoms with van der Waals surface area (Å²) in [6.45, 7) is 8.86. The topological polar surface area (TPSA) is 160 Å².